The Labute approximate surface area is 110 Å². The molecule has 0 aliphatic carbocycles. The molecular formula is C16H23NO. The Kier molecular flexibility index (Phi) is 3.55. The molecule has 1 fully saturated rings. The van der Waals surface area contributed by atoms with E-state index in [0.717, 1.165) is 6.61 Å². The first-order valence-electron chi connectivity index (χ1n) is 7.30. The molecule has 0 radical (unpaired) electrons. The van der Waals surface area contributed by atoms with Crippen LogP contribution in [-0.2, 0) is 4.74 Å². The lowest BCUT2D eigenvalue weighted by Gasteiger charge is -2.31. The fourth-order valence-electron chi connectivity index (χ4n) is 3.40. The SMILES string of the molecule is CC1CC(CCC2CCCO2)c2ccccc2N1. The third-order valence-corrected chi connectivity index (χ3v) is 4.30. The van der Waals surface area contributed by atoms with Crippen LogP contribution in [0.25, 0.3) is 0 Å². The second kappa shape index (κ2) is 5.31. The zero-order valence-electron chi connectivity index (χ0n) is 11.2. The first-order chi connectivity index (χ1) is 8.83. The number of ether oxygens (including phenoxy) is 1. The maximum atomic E-state index is 5.74. The molecule has 2 nitrogen and oxygen atoms in total. The van der Waals surface area contributed by atoms with E-state index in [1.54, 1.807) is 0 Å². The monoisotopic (exact) mass is 245 g/mol. The average Bonchev–Trinajstić information content (AvgIpc) is 2.89. The van der Waals surface area contributed by atoms with Crippen molar-refractivity contribution in [2.45, 2.75) is 57.1 Å². The predicted octanol–water partition coefficient (Wildman–Crippen LogP) is 3.93. The van der Waals surface area contributed by atoms with Crippen molar-refractivity contribution in [3.8, 4) is 0 Å². The quantitative estimate of drug-likeness (QED) is 0.871. The zero-order chi connectivity index (χ0) is 12.4. The Morgan fingerprint density at radius 3 is 3.00 bits per heavy atom. The molecule has 98 valence electrons. The van der Waals surface area contributed by atoms with Crippen LogP contribution in [0.4, 0.5) is 5.69 Å². The second-order valence-electron chi connectivity index (χ2n) is 5.78. The van der Waals surface area contributed by atoms with Crippen molar-refractivity contribution in [2.24, 2.45) is 0 Å². The van der Waals surface area contributed by atoms with E-state index in [-0.39, 0.29) is 0 Å². The summed E-state index contributed by atoms with van der Waals surface area (Å²) in [6, 6.07) is 9.38. The zero-order valence-corrected chi connectivity index (χ0v) is 11.2. The topological polar surface area (TPSA) is 21.3 Å². The van der Waals surface area contributed by atoms with Gasteiger partial charge < -0.3 is 10.1 Å². The number of rotatable bonds is 3. The van der Waals surface area contributed by atoms with Crippen molar-refractivity contribution in [1.29, 1.82) is 0 Å². The van der Waals surface area contributed by atoms with Crippen molar-refractivity contribution in [3.63, 3.8) is 0 Å². The molecule has 3 rings (SSSR count). The van der Waals surface area contributed by atoms with Gasteiger partial charge in [0.25, 0.3) is 0 Å². The maximum absolute atomic E-state index is 5.74. The standard InChI is InChI=1S/C16H23NO/c1-12-11-13(8-9-14-5-4-10-18-14)15-6-2-3-7-16(15)17-12/h2-3,6-7,12-14,17H,4-5,8-11H2,1H3. The highest BCUT2D eigenvalue weighted by Gasteiger charge is 2.25. The normalized spacial score (nSPS) is 30.8. The van der Waals surface area contributed by atoms with E-state index in [2.05, 4.69) is 36.5 Å². The second-order valence-corrected chi connectivity index (χ2v) is 5.78. The number of nitrogens with one attached hydrogen (secondary N) is 1. The van der Waals surface area contributed by atoms with Gasteiger partial charge in [-0.1, -0.05) is 18.2 Å². The summed E-state index contributed by atoms with van der Waals surface area (Å²) in [5.74, 6) is 0.710. The molecule has 0 aromatic heterocycles. The van der Waals surface area contributed by atoms with E-state index in [1.807, 2.05) is 0 Å². The number of hydrogen-bond donors (Lipinski definition) is 1. The van der Waals surface area contributed by atoms with Crippen molar-refractivity contribution in [2.75, 3.05) is 11.9 Å². The van der Waals surface area contributed by atoms with Gasteiger partial charge in [-0.15, -0.1) is 0 Å². The molecule has 2 aliphatic rings. The van der Waals surface area contributed by atoms with Gasteiger partial charge in [0, 0.05) is 18.3 Å². The molecule has 0 bridgehead atoms. The summed E-state index contributed by atoms with van der Waals surface area (Å²) in [7, 11) is 0. The van der Waals surface area contributed by atoms with Gasteiger partial charge in [-0.3, -0.25) is 0 Å². The highest BCUT2D eigenvalue weighted by Crippen LogP contribution is 2.37. The van der Waals surface area contributed by atoms with E-state index < -0.39 is 0 Å². The Hall–Kier alpha value is -1.02. The van der Waals surface area contributed by atoms with Gasteiger partial charge in [0.2, 0.25) is 0 Å². The Morgan fingerprint density at radius 2 is 2.17 bits per heavy atom. The molecule has 3 unspecified atom stereocenters. The highest BCUT2D eigenvalue weighted by molar-refractivity contribution is 5.55. The molecule has 2 heteroatoms. The number of hydrogen-bond acceptors (Lipinski definition) is 2. The Morgan fingerprint density at radius 1 is 1.28 bits per heavy atom. The molecule has 1 N–H and O–H groups in total. The van der Waals surface area contributed by atoms with Crippen LogP contribution >= 0.6 is 0 Å². The molecule has 18 heavy (non-hydrogen) atoms. The van der Waals surface area contributed by atoms with Crippen LogP contribution in [-0.4, -0.2) is 18.8 Å². The Balaban J connectivity index is 1.67. The summed E-state index contributed by atoms with van der Waals surface area (Å²) >= 11 is 0. The van der Waals surface area contributed by atoms with Crippen LogP contribution in [0.15, 0.2) is 24.3 Å². The lowest BCUT2D eigenvalue weighted by Crippen LogP contribution is -2.25. The van der Waals surface area contributed by atoms with E-state index in [9.17, 15) is 0 Å². The van der Waals surface area contributed by atoms with Crippen LogP contribution in [0.5, 0.6) is 0 Å². The van der Waals surface area contributed by atoms with Gasteiger partial charge in [0.15, 0.2) is 0 Å². The summed E-state index contributed by atoms with van der Waals surface area (Å²) in [5.41, 5.74) is 2.85. The van der Waals surface area contributed by atoms with Crippen LogP contribution < -0.4 is 5.32 Å². The minimum Gasteiger partial charge on any atom is -0.382 e. The van der Waals surface area contributed by atoms with Crippen LogP contribution in [0, 0.1) is 0 Å². The van der Waals surface area contributed by atoms with Gasteiger partial charge in [-0.2, -0.15) is 0 Å². The molecule has 2 aliphatic heterocycles. The molecule has 1 aromatic rings. The molecule has 3 atom stereocenters. The predicted molar refractivity (Wildman–Crippen MR) is 75.1 cm³/mol. The van der Waals surface area contributed by atoms with Crippen LogP contribution in [0.1, 0.15) is 50.5 Å². The van der Waals surface area contributed by atoms with Gasteiger partial charge in [0.1, 0.15) is 0 Å². The molecule has 1 aromatic carbocycles. The Bertz CT molecular complexity index is 398. The lowest BCUT2D eigenvalue weighted by atomic mass is 9.83. The molecular weight excluding hydrogens is 222 g/mol. The molecule has 0 spiro atoms. The molecule has 1 saturated heterocycles. The van der Waals surface area contributed by atoms with Gasteiger partial charge in [-0.25, -0.2) is 0 Å². The highest BCUT2D eigenvalue weighted by atomic mass is 16.5. The fourth-order valence-corrected chi connectivity index (χ4v) is 3.40. The smallest absolute Gasteiger partial charge is 0.0576 e. The number of para-hydroxylation sites is 1. The van der Waals surface area contributed by atoms with E-state index in [0.29, 0.717) is 18.1 Å². The summed E-state index contributed by atoms with van der Waals surface area (Å²) < 4.78 is 5.74. The van der Waals surface area contributed by atoms with Gasteiger partial charge in [-0.05, 0) is 56.6 Å². The van der Waals surface area contributed by atoms with Crippen molar-refractivity contribution >= 4 is 5.69 Å². The molecule has 0 amide bonds. The number of anilines is 1. The lowest BCUT2D eigenvalue weighted by molar-refractivity contribution is 0.100. The minimum atomic E-state index is 0.530. The van der Waals surface area contributed by atoms with Crippen molar-refractivity contribution < 1.29 is 4.74 Å². The molecule has 0 saturated carbocycles. The summed E-state index contributed by atoms with van der Waals surface area (Å²) in [5, 5.41) is 3.59. The largest absolute Gasteiger partial charge is 0.382 e. The van der Waals surface area contributed by atoms with Crippen molar-refractivity contribution in [1.82, 2.24) is 0 Å². The summed E-state index contributed by atoms with van der Waals surface area (Å²) in [4.78, 5) is 0. The summed E-state index contributed by atoms with van der Waals surface area (Å²) in [6.07, 6.45) is 6.80. The first kappa shape index (κ1) is 12.0. The van der Waals surface area contributed by atoms with Crippen LogP contribution in [0.2, 0.25) is 0 Å². The third kappa shape index (κ3) is 2.54. The van der Waals surface area contributed by atoms with Gasteiger partial charge >= 0.3 is 0 Å². The van der Waals surface area contributed by atoms with Gasteiger partial charge in [0.05, 0.1) is 6.10 Å². The number of benzene rings is 1. The third-order valence-electron chi connectivity index (χ3n) is 4.30. The van der Waals surface area contributed by atoms with E-state index in [4.69, 9.17) is 4.74 Å². The minimum absolute atomic E-state index is 0.530. The first-order valence-corrected chi connectivity index (χ1v) is 7.30. The van der Waals surface area contributed by atoms with E-state index in [1.165, 1.54) is 43.4 Å². The fraction of sp³-hybridized carbons (Fsp3) is 0.625. The van der Waals surface area contributed by atoms with Crippen LogP contribution in [0.3, 0.4) is 0 Å². The van der Waals surface area contributed by atoms with Crippen molar-refractivity contribution in [3.05, 3.63) is 29.8 Å². The van der Waals surface area contributed by atoms with E-state index >= 15 is 0 Å². The average molecular weight is 245 g/mol. The summed E-state index contributed by atoms with van der Waals surface area (Å²) in [6.45, 7) is 3.26. The maximum Gasteiger partial charge on any atom is 0.0576 e. The molecule has 2 heterocycles. The number of fused-ring (bicyclic) bond motifs is 1.